The maximum Gasteiger partial charge on any atom is 0.136 e. The van der Waals surface area contributed by atoms with Gasteiger partial charge in [0.25, 0.3) is 0 Å². The second-order valence-electron chi connectivity index (χ2n) is 9.20. The van der Waals surface area contributed by atoms with Crippen molar-refractivity contribution in [3.63, 3.8) is 0 Å². The highest BCUT2D eigenvalue weighted by molar-refractivity contribution is 6.25. The molecule has 0 fully saturated rings. The lowest BCUT2D eigenvalue weighted by atomic mass is 9.84. The van der Waals surface area contributed by atoms with Gasteiger partial charge in [0.15, 0.2) is 0 Å². The Morgan fingerprint density at radius 3 is 1.79 bits per heavy atom. The first-order valence-electron chi connectivity index (χ1n) is 18.0. The Kier molecular flexibility index (Phi) is 3.04. The van der Waals surface area contributed by atoms with Gasteiger partial charge in [0.1, 0.15) is 11.2 Å². The molecule has 8 aromatic rings. The fraction of sp³-hybridized carbons (Fsp3) is 0. The summed E-state index contributed by atoms with van der Waals surface area (Å²) in [6.45, 7) is 0. The molecule has 0 aliphatic heterocycles. The average molecular weight is 508 g/mol. The molecule has 1 heteroatoms. The van der Waals surface area contributed by atoms with Crippen molar-refractivity contribution in [2.45, 2.75) is 0 Å². The van der Waals surface area contributed by atoms with Gasteiger partial charge in [0.05, 0.1) is 15.1 Å². The van der Waals surface area contributed by atoms with Crippen LogP contribution < -0.4 is 0 Å². The lowest BCUT2D eigenvalue weighted by Gasteiger charge is -2.18. The van der Waals surface area contributed by atoms with Crippen molar-refractivity contribution in [3.8, 4) is 33.4 Å². The van der Waals surface area contributed by atoms with E-state index in [2.05, 4.69) is 0 Å². The van der Waals surface area contributed by atoms with Crippen LogP contribution in [0.15, 0.2) is 150 Å². The van der Waals surface area contributed by atoms with E-state index in [0.29, 0.717) is 33.1 Å². The topological polar surface area (TPSA) is 13.1 Å². The summed E-state index contributed by atoms with van der Waals surface area (Å²) in [6.07, 6.45) is 0. The van der Waals surface area contributed by atoms with Crippen molar-refractivity contribution in [2.24, 2.45) is 0 Å². The Morgan fingerprint density at radius 2 is 1.05 bits per heavy atom. The molecule has 8 rings (SSSR count). The van der Waals surface area contributed by atoms with Gasteiger partial charge in [-0.2, -0.15) is 0 Å². The van der Waals surface area contributed by atoms with E-state index in [9.17, 15) is 6.85 Å². The summed E-state index contributed by atoms with van der Waals surface area (Å²) in [5.41, 5.74) is 2.05. The molecule has 0 saturated carbocycles. The minimum Gasteiger partial charge on any atom is -0.456 e. The van der Waals surface area contributed by atoms with Crippen LogP contribution >= 0.6 is 0 Å². The Labute approximate surface area is 242 Å². The van der Waals surface area contributed by atoms with E-state index in [-0.39, 0.29) is 61.9 Å². The van der Waals surface area contributed by atoms with Gasteiger partial charge in [0, 0.05) is 10.8 Å². The van der Waals surface area contributed by atoms with Crippen LogP contribution in [0.1, 0.15) is 15.1 Å². The second kappa shape index (κ2) is 8.72. The van der Waals surface area contributed by atoms with Crippen molar-refractivity contribution >= 4 is 43.5 Å². The third-order valence-electron chi connectivity index (χ3n) is 7.04. The maximum atomic E-state index is 9.45. The molecule has 0 amide bonds. The van der Waals surface area contributed by atoms with Crippen molar-refractivity contribution in [3.05, 3.63) is 145 Å². The Morgan fingerprint density at radius 1 is 0.436 bits per heavy atom. The third-order valence-corrected chi connectivity index (χ3v) is 7.04. The summed E-state index contributed by atoms with van der Waals surface area (Å²) in [6, 6.07) is 17.6. The average Bonchev–Trinajstić information content (AvgIpc) is 3.50. The number of benzene rings is 7. The fourth-order valence-corrected chi connectivity index (χ4v) is 5.40. The summed E-state index contributed by atoms with van der Waals surface area (Å²) in [4.78, 5) is 0. The number of rotatable bonds is 3. The van der Waals surface area contributed by atoms with Crippen molar-refractivity contribution in [1.29, 1.82) is 0 Å². The van der Waals surface area contributed by atoms with E-state index in [1.807, 2.05) is 18.2 Å². The van der Waals surface area contributed by atoms with E-state index in [1.165, 1.54) is 6.07 Å². The molecule has 39 heavy (non-hydrogen) atoms. The molecule has 0 saturated heterocycles. The van der Waals surface area contributed by atoms with Gasteiger partial charge in [-0.25, -0.2) is 0 Å². The number of furan rings is 1. The highest BCUT2D eigenvalue weighted by Gasteiger charge is 2.20. The highest BCUT2D eigenvalue weighted by atomic mass is 16.3. The van der Waals surface area contributed by atoms with Crippen molar-refractivity contribution in [2.75, 3.05) is 0 Å². The molecule has 0 bridgehead atoms. The van der Waals surface area contributed by atoms with Crippen LogP contribution in [-0.2, 0) is 0 Å². The fourth-order valence-electron chi connectivity index (χ4n) is 5.40. The molecule has 0 spiro atoms. The van der Waals surface area contributed by atoms with Crippen LogP contribution in [0.2, 0.25) is 0 Å². The van der Waals surface area contributed by atoms with Gasteiger partial charge in [-0.3, -0.25) is 0 Å². The third kappa shape index (κ3) is 3.41. The molecular weight excluding hydrogens is 472 g/mol. The summed E-state index contributed by atoms with van der Waals surface area (Å²) in [5.74, 6) is 0. The molecule has 0 N–H and O–H groups in total. The number of para-hydroxylation sites is 1. The molecule has 0 atom stereocenters. The number of hydrogen-bond donors (Lipinski definition) is 0. The zero-order valence-electron chi connectivity index (χ0n) is 31.4. The summed E-state index contributed by atoms with van der Waals surface area (Å²) in [7, 11) is 0. The predicted molar refractivity (Wildman–Crippen MR) is 165 cm³/mol. The minimum atomic E-state index is -0.583. The summed E-state index contributed by atoms with van der Waals surface area (Å²) in [5, 5.41) is 1.02. The number of fused-ring (bicyclic) bond motifs is 5. The van der Waals surface area contributed by atoms with E-state index >= 15 is 0 Å². The first kappa shape index (κ1) is 13.6. The Bertz CT molecular complexity index is 2690. The van der Waals surface area contributed by atoms with Gasteiger partial charge in [-0.15, -0.1) is 0 Å². The Balaban J connectivity index is 1.72. The minimum absolute atomic E-state index is 0.0312. The molecule has 1 aromatic heterocycles. The first-order chi connectivity index (χ1) is 23.9. The van der Waals surface area contributed by atoms with Crippen molar-refractivity contribution in [1.82, 2.24) is 0 Å². The molecule has 1 heterocycles. The Hall–Kier alpha value is -5.14. The molecule has 0 unspecified atom stereocenters. The summed E-state index contributed by atoms with van der Waals surface area (Å²) < 4.78 is 106. The standard InChI is InChI=1S/C38H24O/c1-2-12-25(13-3-1)26-14-10-15-27(24-26)36-28-16-4-6-18-30(28)37(31-19-7-5-17-29(31)36)33-21-11-23-35-38(33)32-20-8-9-22-34(32)39-35/h1-24H/i4D,5D,6D,7D,14D,15D,16D,17D,18D,19D,24D. The van der Waals surface area contributed by atoms with E-state index in [4.69, 9.17) is 12.6 Å². The second-order valence-corrected chi connectivity index (χ2v) is 9.20. The monoisotopic (exact) mass is 507 g/mol. The van der Waals surface area contributed by atoms with Gasteiger partial charge < -0.3 is 4.42 Å². The maximum absolute atomic E-state index is 9.45. The lowest BCUT2D eigenvalue weighted by Crippen LogP contribution is -1.91. The van der Waals surface area contributed by atoms with Crippen LogP contribution in [0.4, 0.5) is 0 Å². The van der Waals surface area contributed by atoms with Gasteiger partial charge in [0.2, 0.25) is 0 Å². The SMILES string of the molecule is [2H]c1cc([2H])c(-c2c3c([2H])c([2H])c([2H])c([2H])c3c(-c3cccc4oc5ccccc5c34)c3c([2H])c([2H])c([2H])c([2H])c23)c([2H])c1-c1ccccc1. The summed E-state index contributed by atoms with van der Waals surface area (Å²) >= 11 is 0. The largest absolute Gasteiger partial charge is 0.456 e. The highest BCUT2D eigenvalue weighted by Crippen LogP contribution is 2.47. The molecule has 182 valence electrons. The normalized spacial score (nSPS) is 15.5. The zero-order chi connectivity index (χ0) is 35.3. The molecule has 1 nitrogen and oxygen atoms in total. The molecular formula is C38H24O. The van der Waals surface area contributed by atoms with Gasteiger partial charge >= 0.3 is 0 Å². The van der Waals surface area contributed by atoms with Crippen LogP contribution in [0, 0.1) is 0 Å². The van der Waals surface area contributed by atoms with Gasteiger partial charge in [-0.05, 0) is 73.1 Å². The number of hydrogen-bond acceptors (Lipinski definition) is 1. The molecule has 7 aromatic carbocycles. The van der Waals surface area contributed by atoms with Crippen molar-refractivity contribution < 1.29 is 19.5 Å². The smallest absolute Gasteiger partial charge is 0.136 e. The lowest BCUT2D eigenvalue weighted by molar-refractivity contribution is 0.669. The van der Waals surface area contributed by atoms with Crippen LogP contribution in [0.5, 0.6) is 0 Å². The molecule has 0 radical (unpaired) electrons. The van der Waals surface area contributed by atoms with E-state index < -0.39 is 48.3 Å². The van der Waals surface area contributed by atoms with Crippen LogP contribution in [0.25, 0.3) is 76.9 Å². The van der Waals surface area contributed by atoms with Crippen LogP contribution in [0.3, 0.4) is 0 Å². The van der Waals surface area contributed by atoms with Crippen LogP contribution in [-0.4, -0.2) is 0 Å². The van der Waals surface area contributed by atoms with E-state index in [1.54, 1.807) is 54.6 Å². The zero-order valence-corrected chi connectivity index (χ0v) is 20.4. The first-order valence-corrected chi connectivity index (χ1v) is 12.5. The van der Waals surface area contributed by atoms with E-state index in [0.717, 1.165) is 0 Å². The quantitative estimate of drug-likeness (QED) is 0.217. The molecule has 0 aliphatic rings. The van der Waals surface area contributed by atoms with Gasteiger partial charge in [-0.1, -0.05) is 127 Å². The predicted octanol–water partition coefficient (Wildman–Crippen LogP) is 10.9. The molecule has 0 aliphatic carbocycles.